The topological polar surface area (TPSA) is 3.24 Å². The molecular weight excluding hydrogens is 579 g/mol. The van der Waals surface area contributed by atoms with E-state index in [4.69, 9.17) is 0 Å². The van der Waals surface area contributed by atoms with Gasteiger partial charge in [-0.15, -0.1) is 0 Å². The van der Waals surface area contributed by atoms with Crippen LogP contribution >= 0.6 is 0 Å². The van der Waals surface area contributed by atoms with E-state index in [2.05, 4.69) is 110 Å². The smallest absolute Gasteiger partial charge is 0.0465 e. The summed E-state index contributed by atoms with van der Waals surface area (Å²) in [5.74, 6) is 5.83. The molecule has 0 heterocycles. The van der Waals surface area contributed by atoms with Gasteiger partial charge in [-0.1, -0.05) is 68.4 Å². The van der Waals surface area contributed by atoms with Crippen LogP contribution in [0.1, 0.15) is 113 Å². The molecule has 0 spiro atoms. The van der Waals surface area contributed by atoms with Crippen LogP contribution in [0.4, 0.5) is 17.1 Å². The molecule has 0 unspecified atom stereocenters. The van der Waals surface area contributed by atoms with Crippen molar-refractivity contribution in [2.45, 2.75) is 107 Å². The van der Waals surface area contributed by atoms with E-state index in [9.17, 15) is 0 Å². The molecule has 8 bridgehead atoms. The van der Waals surface area contributed by atoms with Crippen molar-refractivity contribution in [2.24, 2.45) is 35.5 Å². The zero-order valence-corrected chi connectivity index (χ0v) is 29.1. The van der Waals surface area contributed by atoms with Crippen molar-refractivity contribution < 1.29 is 0 Å². The lowest BCUT2D eigenvalue weighted by atomic mass is 9.48. The molecular formula is C47H51N. The van der Waals surface area contributed by atoms with Crippen LogP contribution in [0.25, 0.3) is 11.1 Å². The van der Waals surface area contributed by atoms with E-state index in [0.29, 0.717) is 10.8 Å². The van der Waals surface area contributed by atoms with Crippen LogP contribution in [0, 0.1) is 35.5 Å². The molecule has 13 rings (SSSR count). The summed E-state index contributed by atoms with van der Waals surface area (Å²) in [7, 11) is 0. The fraction of sp³-hybridized carbons (Fsp3) is 0.489. The Morgan fingerprint density at radius 1 is 0.438 bits per heavy atom. The maximum absolute atomic E-state index is 2.56. The zero-order valence-electron chi connectivity index (χ0n) is 29.1. The molecule has 0 radical (unpaired) electrons. The van der Waals surface area contributed by atoms with Gasteiger partial charge in [0.25, 0.3) is 0 Å². The van der Waals surface area contributed by atoms with Crippen molar-refractivity contribution in [2.75, 3.05) is 4.90 Å². The largest absolute Gasteiger partial charge is 0.310 e. The molecule has 4 aromatic carbocycles. The second-order valence-electron chi connectivity index (χ2n) is 18.7. The maximum atomic E-state index is 2.56. The van der Waals surface area contributed by atoms with Crippen molar-refractivity contribution in [3.63, 3.8) is 0 Å². The highest BCUT2D eigenvalue weighted by atomic mass is 15.1. The van der Waals surface area contributed by atoms with E-state index in [1.54, 1.807) is 11.1 Å². The summed E-state index contributed by atoms with van der Waals surface area (Å²) < 4.78 is 0. The van der Waals surface area contributed by atoms with E-state index in [1.807, 2.05) is 0 Å². The summed E-state index contributed by atoms with van der Waals surface area (Å²) in [4.78, 5) is 2.56. The molecule has 1 nitrogen and oxygen atoms in total. The van der Waals surface area contributed by atoms with Crippen molar-refractivity contribution in [1.29, 1.82) is 0 Å². The van der Waals surface area contributed by atoms with Gasteiger partial charge in [0, 0.05) is 22.5 Å². The summed E-state index contributed by atoms with van der Waals surface area (Å²) >= 11 is 0. The highest BCUT2D eigenvalue weighted by Gasteiger charge is 2.53. The standard InChI is InChI=1S/C47H51N/c1-45(2)43-6-4-3-5-41(43)42-16-15-40(23-44(42)45)48(38-11-7-36(8-12-38)46-24-30-17-31(25-46)19-32(18-30)26-46)39-13-9-37(10-14-39)47-27-33-20-34(28-47)22-35(21-33)29-47/h3-16,23,30-35H,17-22,24-29H2,1-2H3. The third-order valence-electron chi connectivity index (χ3n) is 15.4. The van der Waals surface area contributed by atoms with Gasteiger partial charge in [-0.3, -0.25) is 0 Å². The van der Waals surface area contributed by atoms with Crippen molar-refractivity contribution in [1.82, 2.24) is 0 Å². The lowest BCUT2D eigenvalue weighted by molar-refractivity contribution is -0.00529. The molecule has 8 saturated carbocycles. The Hall–Kier alpha value is -3.32. The van der Waals surface area contributed by atoms with Gasteiger partial charge in [0.1, 0.15) is 0 Å². The minimum Gasteiger partial charge on any atom is -0.310 e. The molecule has 8 fully saturated rings. The van der Waals surface area contributed by atoms with Crippen LogP contribution in [0.3, 0.4) is 0 Å². The minimum atomic E-state index is -0.0155. The lowest BCUT2D eigenvalue weighted by Crippen LogP contribution is -2.48. The Labute approximate surface area is 288 Å². The second kappa shape index (κ2) is 9.89. The molecule has 48 heavy (non-hydrogen) atoms. The second-order valence-corrected chi connectivity index (χ2v) is 18.7. The number of fused-ring (bicyclic) bond motifs is 3. The summed E-state index contributed by atoms with van der Waals surface area (Å²) in [5.41, 5.74) is 13.6. The predicted molar refractivity (Wildman–Crippen MR) is 198 cm³/mol. The van der Waals surface area contributed by atoms with Gasteiger partial charge < -0.3 is 4.90 Å². The Balaban J connectivity index is 0.992. The molecule has 244 valence electrons. The molecule has 0 atom stereocenters. The normalized spacial score (nSPS) is 35.9. The Kier molecular flexibility index (Phi) is 5.88. The van der Waals surface area contributed by atoms with Gasteiger partial charge in [0.15, 0.2) is 0 Å². The van der Waals surface area contributed by atoms with E-state index >= 15 is 0 Å². The molecule has 9 aliphatic carbocycles. The van der Waals surface area contributed by atoms with Crippen LogP contribution in [0.5, 0.6) is 0 Å². The number of anilines is 3. The number of nitrogens with zero attached hydrogens (tertiary/aromatic N) is 1. The number of benzene rings is 4. The average molecular weight is 630 g/mol. The van der Waals surface area contributed by atoms with Crippen molar-refractivity contribution in [3.05, 3.63) is 113 Å². The summed E-state index contributed by atoms with van der Waals surface area (Å²) in [6.07, 6.45) is 17.6. The Bertz CT molecular complexity index is 1750. The first-order chi connectivity index (χ1) is 23.3. The number of rotatable bonds is 5. The molecule has 0 N–H and O–H groups in total. The zero-order chi connectivity index (χ0) is 31.8. The molecule has 0 aliphatic heterocycles. The third-order valence-corrected chi connectivity index (χ3v) is 15.4. The lowest BCUT2D eigenvalue weighted by Gasteiger charge is -2.57. The van der Waals surface area contributed by atoms with E-state index < -0.39 is 0 Å². The van der Waals surface area contributed by atoms with Crippen molar-refractivity contribution in [3.8, 4) is 11.1 Å². The van der Waals surface area contributed by atoms with Gasteiger partial charge in [0.05, 0.1) is 0 Å². The monoisotopic (exact) mass is 629 g/mol. The predicted octanol–water partition coefficient (Wildman–Crippen LogP) is 12.4. The fourth-order valence-corrected chi connectivity index (χ4v) is 14.1. The number of hydrogen-bond acceptors (Lipinski definition) is 1. The van der Waals surface area contributed by atoms with Crippen LogP contribution in [0.15, 0.2) is 91.0 Å². The minimum absolute atomic E-state index is 0.0155. The summed E-state index contributed by atoms with van der Waals surface area (Å²) in [6, 6.07) is 36.3. The fourth-order valence-electron chi connectivity index (χ4n) is 14.1. The maximum Gasteiger partial charge on any atom is 0.0465 e. The number of hydrogen-bond donors (Lipinski definition) is 0. The summed E-state index contributed by atoms with van der Waals surface area (Å²) in [5, 5.41) is 0. The van der Waals surface area contributed by atoms with E-state index in [0.717, 1.165) is 35.5 Å². The van der Waals surface area contributed by atoms with Gasteiger partial charge in [-0.05, 0) is 193 Å². The molecule has 0 amide bonds. The van der Waals surface area contributed by atoms with Crippen LogP contribution < -0.4 is 4.90 Å². The molecule has 9 aliphatic rings. The highest BCUT2D eigenvalue weighted by Crippen LogP contribution is 2.62. The molecule has 4 aromatic rings. The first-order valence-electron chi connectivity index (χ1n) is 19.6. The van der Waals surface area contributed by atoms with Crippen LogP contribution in [-0.2, 0) is 16.2 Å². The quantitative estimate of drug-likeness (QED) is 0.212. The SMILES string of the molecule is CC1(C)c2ccccc2-c2ccc(N(c3ccc(C45CC6CC(CC(C6)C4)C5)cc3)c3ccc(C45CC6CC(CC(C6)C4)C5)cc3)cc21. The van der Waals surface area contributed by atoms with Crippen molar-refractivity contribution >= 4 is 17.1 Å². The van der Waals surface area contributed by atoms with Gasteiger partial charge in [-0.25, -0.2) is 0 Å². The highest BCUT2D eigenvalue weighted by molar-refractivity contribution is 5.85. The van der Waals surface area contributed by atoms with Gasteiger partial charge >= 0.3 is 0 Å². The van der Waals surface area contributed by atoms with Crippen LogP contribution in [-0.4, -0.2) is 0 Å². The van der Waals surface area contributed by atoms with Gasteiger partial charge in [-0.2, -0.15) is 0 Å². The van der Waals surface area contributed by atoms with Crippen LogP contribution in [0.2, 0.25) is 0 Å². The molecule has 1 heteroatoms. The molecule has 0 aromatic heterocycles. The Morgan fingerprint density at radius 2 is 0.833 bits per heavy atom. The summed E-state index contributed by atoms with van der Waals surface area (Å²) in [6.45, 7) is 4.82. The molecule has 0 saturated heterocycles. The first-order valence-corrected chi connectivity index (χ1v) is 19.6. The third kappa shape index (κ3) is 4.09. The Morgan fingerprint density at radius 3 is 1.29 bits per heavy atom. The van der Waals surface area contributed by atoms with Gasteiger partial charge in [0.2, 0.25) is 0 Å². The first kappa shape index (κ1) is 28.5. The van der Waals surface area contributed by atoms with E-state index in [-0.39, 0.29) is 5.41 Å². The van der Waals surface area contributed by atoms with E-state index in [1.165, 1.54) is 116 Å². The average Bonchev–Trinajstić information content (AvgIpc) is 3.30.